The first-order chi connectivity index (χ1) is 14.1. The molecule has 7 heteroatoms. The van der Waals surface area contributed by atoms with Crippen molar-refractivity contribution in [3.63, 3.8) is 0 Å². The average Bonchev–Trinajstić information content (AvgIpc) is 3.07. The van der Waals surface area contributed by atoms with Crippen LogP contribution in [0.3, 0.4) is 0 Å². The molecule has 154 valence electrons. The number of hydrogen-bond donors (Lipinski definition) is 0. The van der Waals surface area contributed by atoms with Crippen LogP contribution in [-0.2, 0) is 11.3 Å². The van der Waals surface area contributed by atoms with E-state index in [0.717, 1.165) is 28.8 Å². The van der Waals surface area contributed by atoms with E-state index in [4.69, 9.17) is 21.1 Å². The van der Waals surface area contributed by atoms with Crippen molar-refractivity contribution in [1.82, 2.24) is 4.57 Å². The maximum Gasteiger partial charge on any atom is 0.279 e. The summed E-state index contributed by atoms with van der Waals surface area (Å²) < 4.78 is 14.1. The topological polar surface area (TPSA) is 52.8 Å². The van der Waals surface area contributed by atoms with Crippen molar-refractivity contribution in [2.24, 2.45) is 4.99 Å². The molecular weight excluding hydrogens is 408 g/mol. The lowest BCUT2D eigenvalue weighted by molar-refractivity contribution is 0.0996. The zero-order valence-electron chi connectivity index (χ0n) is 16.7. The number of fused-ring (bicyclic) bond motifs is 1. The minimum absolute atomic E-state index is 0.294. The second-order valence-electron chi connectivity index (χ2n) is 6.46. The highest BCUT2D eigenvalue weighted by Gasteiger charge is 2.12. The second kappa shape index (κ2) is 10.6. The molecule has 0 unspecified atom stereocenters. The van der Waals surface area contributed by atoms with E-state index in [1.165, 1.54) is 11.3 Å². The lowest BCUT2D eigenvalue weighted by Gasteiger charge is -2.07. The van der Waals surface area contributed by atoms with Crippen molar-refractivity contribution in [3.05, 3.63) is 57.9 Å². The molecule has 0 aliphatic carbocycles. The normalized spacial score (nSPS) is 11.9. The van der Waals surface area contributed by atoms with E-state index in [2.05, 4.69) is 11.9 Å². The van der Waals surface area contributed by atoms with Crippen LogP contribution in [-0.4, -0.2) is 30.3 Å². The molecule has 0 saturated carbocycles. The zero-order chi connectivity index (χ0) is 20.6. The van der Waals surface area contributed by atoms with Gasteiger partial charge in [-0.2, -0.15) is 4.99 Å². The Hall–Kier alpha value is -2.15. The summed E-state index contributed by atoms with van der Waals surface area (Å²) in [7, 11) is 0. The monoisotopic (exact) mass is 432 g/mol. The van der Waals surface area contributed by atoms with Crippen molar-refractivity contribution in [2.45, 2.75) is 33.2 Å². The van der Waals surface area contributed by atoms with Crippen LogP contribution in [0.1, 0.15) is 37.0 Å². The van der Waals surface area contributed by atoms with Gasteiger partial charge in [-0.05, 0) is 49.7 Å². The van der Waals surface area contributed by atoms with Crippen LogP contribution in [0.4, 0.5) is 0 Å². The number of ether oxygens (including phenoxy) is 2. The molecular formula is C22H25ClN2O3S. The minimum atomic E-state index is -0.294. The van der Waals surface area contributed by atoms with Crippen molar-refractivity contribution in [2.75, 3.05) is 19.8 Å². The second-order valence-corrected chi connectivity index (χ2v) is 7.88. The maximum atomic E-state index is 12.8. The number of aromatic nitrogens is 1. The minimum Gasteiger partial charge on any atom is -0.494 e. The summed E-state index contributed by atoms with van der Waals surface area (Å²) in [6.45, 7) is 6.49. The fourth-order valence-electron chi connectivity index (χ4n) is 2.86. The van der Waals surface area contributed by atoms with Gasteiger partial charge in [0.15, 0.2) is 4.80 Å². The Morgan fingerprint density at radius 3 is 2.66 bits per heavy atom. The first kappa shape index (κ1) is 21.6. The van der Waals surface area contributed by atoms with E-state index in [1.54, 1.807) is 12.1 Å². The summed E-state index contributed by atoms with van der Waals surface area (Å²) in [5.41, 5.74) is 1.40. The van der Waals surface area contributed by atoms with Gasteiger partial charge in [0, 0.05) is 18.7 Å². The van der Waals surface area contributed by atoms with E-state index >= 15 is 0 Å². The molecule has 1 aromatic heterocycles. The Kier molecular flexibility index (Phi) is 7.86. The highest BCUT2D eigenvalue weighted by Crippen LogP contribution is 2.25. The third-order valence-electron chi connectivity index (χ3n) is 4.38. The molecule has 0 spiro atoms. The summed E-state index contributed by atoms with van der Waals surface area (Å²) in [6, 6.07) is 12.8. The third kappa shape index (κ3) is 5.47. The lowest BCUT2D eigenvalue weighted by Crippen LogP contribution is -2.20. The van der Waals surface area contributed by atoms with Gasteiger partial charge in [0.25, 0.3) is 5.91 Å². The Bertz CT molecular complexity index is 1020. The van der Waals surface area contributed by atoms with Crippen LogP contribution in [0.2, 0.25) is 5.02 Å². The molecule has 2 aromatic carbocycles. The standard InChI is InChI=1S/C22H25ClN2O3S/c1-3-5-14-28-17-11-9-16(10-12-17)21(26)24-22-25(13-15-27-4-2)20-18(23)7-6-8-19(20)29-22/h6-12H,3-5,13-15H2,1-2H3. The SMILES string of the molecule is CCCCOc1ccc(C(=O)N=c2sc3cccc(Cl)c3n2CCOCC)cc1. The summed E-state index contributed by atoms with van der Waals surface area (Å²) >= 11 is 7.86. The zero-order valence-corrected chi connectivity index (χ0v) is 18.3. The van der Waals surface area contributed by atoms with Gasteiger partial charge in [-0.25, -0.2) is 0 Å². The van der Waals surface area contributed by atoms with Gasteiger partial charge in [0.2, 0.25) is 0 Å². The Morgan fingerprint density at radius 2 is 1.93 bits per heavy atom. The number of halogens is 1. The predicted octanol–water partition coefficient (Wildman–Crippen LogP) is 5.31. The molecule has 0 aliphatic heterocycles. The summed E-state index contributed by atoms with van der Waals surface area (Å²) in [5.74, 6) is 0.466. The van der Waals surface area contributed by atoms with Crippen LogP contribution >= 0.6 is 22.9 Å². The first-order valence-corrected chi connectivity index (χ1v) is 11.0. The van der Waals surface area contributed by atoms with E-state index in [-0.39, 0.29) is 5.91 Å². The van der Waals surface area contributed by atoms with Crippen molar-refractivity contribution < 1.29 is 14.3 Å². The smallest absolute Gasteiger partial charge is 0.279 e. The van der Waals surface area contributed by atoms with Gasteiger partial charge in [-0.1, -0.05) is 42.3 Å². The molecule has 1 heterocycles. The number of rotatable bonds is 9. The lowest BCUT2D eigenvalue weighted by atomic mass is 10.2. The first-order valence-electron chi connectivity index (χ1n) is 9.81. The molecule has 0 bridgehead atoms. The molecule has 0 radical (unpaired) electrons. The number of nitrogens with zero attached hydrogens (tertiary/aromatic N) is 2. The van der Waals surface area contributed by atoms with Gasteiger partial charge >= 0.3 is 0 Å². The predicted molar refractivity (Wildman–Crippen MR) is 118 cm³/mol. The molecule has 0 N–H and O–H groups in total. The molecule has 0 aliphatic rings. The molecule has 0 atom stereocenters. The Balaban J connectivity index is 1.89. The van der Waals surface area contributed by atoms with Gasteiger partial charge < -0.3 is 14.0 Å². The van der Waals surface area contributed by atoms with E-state index in [0.29, 0.717) is 41.8 Å². The summed E-state index contributed by atoms with van der Waals surface area (Å²) in [4.78, 5) is 17.7. The molecule has 3 rings (SSSR count). The molecule has 0 saturated heterocycles. The third-order valence-corrected chi connectivity index (χ3v) is 5.73. The summed E-state index contributed by atoms with van der Waals surface area (Å²) in [5, 5.41) is 0.637. The van der Waals surface area contributed by atoms with Crippen LogP contribution < -0.4 is 9.54 Å². The number of thiazole rings is 1. The van der Waals surface area contributed by atoms with Crippen LogP contribution in [0, 0.1) is 0 Å². The van der Waals surface area contributed by atoms with Gasteiger partial charge in [0.05, 0.1) is 28.5 Å². The molecule has 29 heavy (non-hydrogen) atoms. The van der Waals surface area contributed by atoms with Gasteiger partial charge in [0.1, 0.15) is 5.75 Å². The van der Waals surface area contributed by atoms with Crippen molar-refractivity contribution >= 4 is 39.1 Å². The van der Waals surface area contributed by atoms with Crippen LogP contribution in [0.25, 0.3) is 10.2 Å². The number of carbonyl (C=O) groups excluding carboxylic acids is 1. The van der Waals surface area contributed by atoms with Crippen LogP contribution in [0.15, 0.2) is 47.5 Å². The number of para-hydroxylation sites is 1. The fraction of sp³-hybridized carbons (Fsp3) is 0.364. The van der Waals surface area contributed by atoms with E-state index < -0.39 is 0 Å². The number of hydrogen-bond acceptors (Lipinski definition) is 4. The highest BCUT2D eigenvalue weighted by atomic mass is 35.5. The fourth-order valence-corrected chi connectivity index (χ4v) is 4.27. The number of amides is 1. The highest BCUT2D eigenvalue weighted by molar-refractivity contribution is 7.16. The largest absolute Gasteiger partial charge is 0.494 e. The number of benzene rings is 2. The summed E-state index contributed by atoms with van der Waals surface area (Å²) in [6.07, 6.45) is 2.09. The van der Waals surface area contributed by atoms with Gasteiger partial charge in [-0.15, -0.1) is 0 Å². The van der Waals surface area contributed by atoms with Crippen molar-refractivity contribution in [1.29, 1.82) is 0 Å². The molecule has 5 nitrogen and oxygen atoms in total. The molecule has 3 aromatic rings. The van der Waals surface area contributed by atoms with E-state index in [1.807, 2.05) is 41.8 Å². The maximum absolute atomic E-state index is 12.8. The quantitative estimate of drug-likeness (QED) is 0.430. The number of carbonyl (C=O) groups is 1. The van der Waals surface area contributed by atoms with Crippen LogP contribution in [0.5, 0.6) is 5.75 Å². The number of unbranched alkanes of at least 4 members (excludes halogenated alkanes) is 1. The van der Waals surface area contributed by atoms with Crippen molar-refractivity contribution in [3.8, 4) is 5.75 Å². The van der Waals surface area contributed by atoms with E-state index in [9.17, 15) is 4.79 Å². The molecule has 1 amide bonds. The van der Waals surface area contributed by atoms with Gasteiger partial charge in [-0.3, -0.25) is 4.79 Å². The molecule has 0 fully saturated rings. The Labute approximate surface area is 179 Å². The Morgan fingerprint density at radius 1 is 1.14 bits per heavy atom. The average molecular weight is 433 g/mol.